The first-order valence-electron chi connectivity index (χ1n) is 5.61. The highest BCUT2D eigenvalue weighted by atomic mass is 32.1. The van der Waals surface area contributed by atoms with Gasteiger partial charge in [-0.1, -0.05) is 35.0 Å². The highest BCUT2D eigenvalue weighted by Crippen LogP contribution is 2.15. The van der Waals surface area contributed by atoms with Crippen molar-refractivity contribution in [3.63, 3.8) is 0 Å². The zero-order valence-electron chi connectivity index (χ0n) is 10.0. The van der Waals surface area contributed by atoms with Crippen LogP contribution in [0, 0.1) is 6.92 Å². The van der Waals surface area contributed by atoms with Gasteiger partial charge < -0.3 is 4.84 Å². The maximum Gasteiger partial charge on any atom is 0.118 e. The van der Waals surface area contributed by atoms with Gasteiger partial charge in [0.2, 0.25) is 0 Å². The Kier molecular flexibility index (Phi) is 3.94. The monoisotopic (exact) mass is 245 g/mol. The van der Waals surface area contributed by atoms with E-state index < -0.39 is 0 Å². The van der Waals surface area contributed by atoms with Crippen molar-refractivity contribution >= 4 is 17.0 Å². The van der Waals surface area contributed by atoms with Crippen molar-refractivity contribution in [1.29, 1.82) is 0 Å². The molecule has 3 heteroatoms. The van der Waals surface area contributed by atoms with Gasteiger partial charge in [-0.25, -0.2) is 0 Å². The van der Waals surface area contributed by atoms with Gasteiger partial charge in [0.25, 0.3) is 0 Å². The minimum absolute atomic E-state index is 0.583. The Morgan fingerprint density at radius 1 is 1.18 bits per heavy atom. The molecule has 0 saturated carbocycles. The first kappa shape index (κ1) is 11.9. The summed E-state index contributed by atoms with van der Waals surface area (Å²) in [6.07, 6.45) is 0. The van der Waals surface area contributed by atoms with Crippen molar-refractivity contribution in [3.8, 4) is 0 Å². The summed E-state index contributed by atoms with van der Waals surface area (Å²) < 4.78 is 0. The van der Waals surface area contributed by atoms with E-state index in [1.165, 1.54) is 5.56 Å². The van der Waals surface area contributed by atoms with Gasteiger partial charge in [0.05, 0.1) is 0 Å². The number of nitrogens with zero attached hydrogens (tertiary/aromatic N) is 1. The Morgan fingerprint density at radius 3 is 2.53 bits per heavy atom. The molecule has 2 nitrogen and oxygen atoms in total. The average molecular weight is 245 g/mol. The maximum absolute atomic E-state index is 5.20. The molecule has 0 aliphatic rings. The Morgan fingerprint density at radius 2 is 1.94 bits per heavy atom. The molecule has 0 aliphatic carbocycles. The molecule has 1 aromatic heterocycles. The summed E-state index contributed by atoms with van der Waals surface area (Å²) >= 11 is 1.66. The predicted octanol–water partition coefficient (Wildman–Crippen LogP) is 3.85. The summed E-state index contributed by atoms with van der Waals surface area (Å²) in [5.74, 6) is 0. The second-order valence-corrected chi connectivity index (χ2v) is 4.52. The lowest BCUT2D eigenvalue weighted by Gasteiger charge is -2.05. The second-order valence-electron chi connectivity index (χ2n) is 3.74. The third kappa shape index (κ3) is 2.94. The average Bonchev–Trinajstić information content (AvgIpc) is 2.85. The lowest BCUT2D eigenvalue weighted by molar-refractivity contribution is 0.159. The highest BCUT2D eigenvalue weighted by Gasteiger charge is 2.08. The maximum atomic E-state index is 5.20. The summed E-state index contributed by atoms with van der Waals surface area (Å²) in [4.78, 5) is 5.20. The molecule has 0 saturated heterocycles. The van der Waals surface area contributed by atoms with Gasteiger partial charge in [0.1, 0.15) is 12.3 Å². The van der Waals surface area contributed by atoms with E-state index in [4.69, 9.17) is 4.84 Å². The molecule has 0 bridgehead atoms. The molecule has 0 aliphatic heterocycles. The molecule has 0 atom stereocenters. The third-order valence-corrected chi connectivity index (χ3v) is 3.09. The van der Waals surface area contributed by atoms with Gasteiger partial charge in [-0.3, -0.25) is 0 Å². The van der Waals surface area contributed by atoms with Gasteiger partial charge in [-0.05, 0) is 25.3 Å². The molecule has 0 spiro atoms. The number of hydrogen-bond donors (Lipinski definition) is 0. The van der Waals surface area contributed by atoms with Crippen molar-refractivity contribution in [2.45, 2.75) is 13.8 Å². The van der Waals surface area contributed by atoms with Gasteiger partial charge in [0.15, 0.2) is 0 Å². The number of oxime groups is 1. The lowest BCUT2D eigenvalue weighted by atomic mass is 10.0. The van der Waals surface area contributed by atoms with Crippen LogP contribution in [0.1, 0.15) is 23.6 Å². The van der Waals surface area contributed by atoms with Crippen molar-refractivity contribution in [2.75, 3.05) is 6.61 Å². The molecule has 0 N–H and O–H groups in total. The summed E-state index contributed by atoms with van der Waals surface area (Å²) in [5, 5.41) is 8.34. The molecule has 0 fully saturated rings. The molecule has 1 heterocycles. The van der Waals surface area contributed by atoms with Crippen molar-refractivity contribution in [3.05, 3.63) is 57.8 Å². The molecule has 1 aromatic carbocycles. The fourth-order valence-corrected chi connectivity index (χ4v) is 2.15. The van der Waals surface area contributed by atoms with E-state index in [0.717, 1.165) is 16.8 Å². The van der Waals surface area contributed by atoms with Gasteiger partial charge >= 0.3 is 0 Å². The number of rotatable bonds is 4. The summed E-state index contributed by atoms with van der Waals surface area (Å²) in [6, 6.07) is 10.4. The zero-order valence-corrected chi connectivity index (χ0v) is 10.8. The topological polar surface area (TPSA) is 21.6 Å². The number of thiophene rings is 1. The highest BCUT2D eigenvalue weighted by molar-refractivity contribution is 7.08. The normalized spacial score (nSPS) is 11.5. The number of benzene rings is 1. The molecule has 17 heavy (non-hydrogen) atoms. The largest absolute Gasteiger partial charge is 0.396 e. The first-order valence-corrected chi connectivity index (χ1v) is 6.55. The molecule has 88 valence electrons. The van der Waals surface area contributed by atoms with E-state index >= 15 is 0 Å². The van der Waals surface area contributed by atoms with E-state index in [0.29, 0.717) is 6.61 Å². The van der Waals surface area contributed by atoms with Crippen LogP contribution >= 0.6 is 11.3 Å². The van der Waals surface area contributed by atoms with Crippen molar-refractivity contribution < 1.29 is 4.84 Å². The van der Waals surface area contributed by atoms with Crippen LogP contribution in [0.15, 0.2) is 46.2 Å². The van der Waals surface area contributed by atoms with Gasteiger partial charge in [0, 0.05) is 16.5 Å². The minimum atomic E-state index is 0.583. The quantitative estimate of drug-likeness (QED) is 0.592. The Balaban J connectivity index is 2.37. The lowest BCUT2D eigenvalue weighted by Crippen LogP contribution is -2.03. The molecule has 2 rings (SSSR count). The molecule has 0 radical (unpaired) electrons. The Labute approximate surface area is 106 Å². The SMILES string of the molecule is CCON=C(c1ccc(C)cc1)c1ccsc1. The van der Waals surface area contributed by atoms with Crippen molar-refractivity contribution in [1.82, 2.24) is 0 Å². The zero-order chi connectivity index (χ0) is 12.1. The summed E-state index contributed by atoms with van der Waals surface area (Å²) in [6.45, 7) is 4.59. The second kappa shape index (κ2) is 5.64. The van der Waals surface area contributed by atoms with Crippen LogP contribution in [0.5, 0.6) is 0 Å². The van der Waals surface area contributed by atoms with Crippen LogP contribution in [0.2, 0.25) is 0 Å². The number of hydrogen-bond acceptors (Lipinski definition) is 3. The van der Waals surface area contributed by atoms with Gasteiger partial charge in [-0.2, -0.15) is 11.3 Å². The summed E-state index contributed by atoms with van der Waals surface area (Å²) in [7, 11) is 0. The molecular formula is C14H15NOS. The predicted molar refractivity (Wildman–Crippen MR) is 72.8 cm³/mol. The van der Waals surface area contributed by atoms with Crippen LogP contribution in [-0.4, -0.2) is 12.3 Å². The molecule has 0 unspecified atom stereocenters. The Hall–Kier alpha value is -1.61. The van der Waals surface area contributed by atoms with E-state index in [1.807, 2.05) is 12.3 Å². The van der Waals surface area contributed by atoms with E-state index in [1.54, 1.807) is 11.3 Å². The summed E-state index contributed by atoms with van der Waals surface area (Å²) in [5.41, 5.74) is 4.33. The third-order valence-electron chi connectivity index (χ3n) is 2.40. The minimum Gasteiger partial charge on any atom is -0.396 e. The van der Waals surface area contributed by atoms with Crippen molar-refractivity contribution in [2.24, 2.45) is 5.16 Å². The van der Waals surface area contributed by atoms with Crippen LogP contribution < -0.4 is 0 Å². The smallest absolute Gasteiger partial charge is 0.118 e. The van der Waals surface area contributed by atoms with E-state index in [-0.39, 0.29) is 0 Å². The fourth-order valence-electron chi connectivity index (χ4n) is 1.51. The van der Waals surface area contributed by atoms with Crippen LogP contribution in [0.3, 0.4) is 0 Å². The standard InChI is InChI=1S/C14H15NOS/c1-3-16-15-14(13-8-9-17-10-13)12-6-4-11(2)5-7-12/h4-10H,3H2,1-2H3. The van der Waals surface area contributed by atoms with Crippen LogP contribution in [0.25, 0.3) is 0 Å². The van der Waals surface area contributed by atoms with Gasteiger partial charge in [-0.15, -0.1) is 0 Å². The fraction of sp³-hybridized carbons (Fsp3) is 0.214. The van der Waals surface area contributed by atoms with Crippen LogP contribution in [-0.2, 0) is 4.84 Å². The van der Waals surface area contributed by atoms with Crippen LogP contribution in [0.4, 0.5) is 0 Å². The molecule has 2 aromatic rings. The first-order chi connectivity index (χ1) is 8.31. The van der Waals surface area contributed by atoms with E-state index in [9.17, 15) is 0 Å². The molecular weight excluding hydrogens is 230 g/mol. The number of aryl methyl sites for hydroxylation is 1. The van der Waals surface area contributed by atoms with E-state index in [2.05, 4.69) is 47.8 Å². The molecule has 0 amide bonds. The Bertz CT molecular complexity index is 485.